The lowest BCUT2D eigenvalue weighted by Crippen LogP contribution is -2.52. The predicted molar refractivity (Wildman–Crippen MR) is 147 cm³/mol. The molecule has 3 aromatic rings. The number of nitrogens with zero attached hydrogens (tertiary/aromatic N) is 2. The molecule has 2 atom stereocenters. The van der Waals surface area contributed by atoms with Crippen LogP contribution < -0.4 is 10.6 Å². The number of sulfonamides is 1. The lowest BCUT2D eigenvalue weighted by Gasteiger charge is -2.22. The highest BCUT2D eigenvalue weighted by atomic mass is 32.2. The van der Waals surface area contributed by atoms with E-state index in [2.05, 4.69) is 15.6 Å². The van der Waals surface area contributed by atoms with Gasteiger partial charge in [-0.1, -0.05) is 24.3 Å². The van der Waals surface area contributed by atoms with E-state index in [1.54, 1.807) is 12.1 Å². The summed E-state index contributed by atoms with van der Waals surface area (Å²) in [6, 6.07) is 11.3. The zero-order chi connectivity index (χ0) is 28.2. The van der Waals surface area contributed by atoms with Gasteiger partial charge in [0.15, 0.2) is 10.8 Å². The smallest absolute Gasteiger partial charge is 0.262 e. The van der Waals surface area contributed by atoms with Gasteiger partial charge in [-0.15, -0.1) is 11.3 Å². The van der Waals surface area contributed by atoms with Crippen LogP contribution in [0.3, 0.4) is 0 Å². The second-order valence-electron chi connectivity index (χ2n) is 9.27. The summed E-state index contributed by atoms with van der Waals surface area (Å²) >= 11 is 1.24. The summed E-state index contributed by atoms with van der Waals surface area (Å²) in [7, 11) is -7.45. The first-order chi connectivity index (χ1) is 18.4. The quantitative estimate of drug-likeness (QED) is 0.377. The predicted octanol–water partition coefficient (Wildman–Crippen LogP) is 1.37. The summed E-state index contributed by atoms with van der Waals surface area (Å²) in [5, 5.41) is 5.90. The largest absolute Gasteiger partial charge is 0.344 e. The summed E-state index contributed by atoms with van der Waals surface area (Å²) < 4.78 is 51.4. The van der Waals surface area contributed by atoms with Crippen LogP contribution in [0.5, 0.6) is 0 Å². The fourth-order valence-corrected chi connectivity index (χ4v) is 7.19. The van der Waals surface area contributed by atoms with Gasteiger partial charge in [0.1, 0.15) is 15.9 Å². The molecule has 39 heavy (non-hydrogen) atoms. The van der Waals surface area contributed by atoms with Gasteiger partial charge in [0.05, 0.1) is 23.2 Å². The molecule has 2 N–H and O–H groups in total. The van der Waals surface area contributed by atoms with E-state index < -0.39 is 56.1 Å². The van der Waals surface area contributed by atoms with Crippen molar-refractivity contribution in [1.29, 1.82) is 0 Å². The number of sulfone groups is 1. The zero-order valence-corrected chi connectivity index (χ0v) is 23.5. The van der Waals surface area contributed by atoms with Gasteiger partial charge >= 0.3 is 0 Å². The molecular weight excluding hydrogens is 564 g/mol. The molecule has 0 radical (unpaired) electrons. The number of rotatable bonds is 9. The van der Waals surface area contributed by atoms with E-state index in [1.807, 2.05) is 24.3 Å². The first kappa shape index (κ1) is 28.8. The number of benzene rings is 1. The van der Waals surface area contributed by atoms with Crippen LogP contribution in [0.2, 0.25) is 0 Å². The molecule has 1 aromatic carbocycles. The number of nitrogens with one attached hydrogen (secondary N) is 2. The van der Waals surface area contributed by atoms with E-state index in [-0.39, 0.29) is 30.2 Å². The molecule has 1 saturated heterocycles. The Bertz CT molecular complexity index is 1550. The summed E-state index contributed by atoms with van der Waals surface area (Å²) in [6.45, 7) is -0.386. The Balaban J connectivity index is 1.47. The molecule has 11 nitrogen and oxygen atoms in total. The standard InChI is InChI=1S/C25H28N4O7S3/c1-38(33,34)14-11-19(28-25(32)22-15-17-7-2-3-9-21(17)37-22)24(31)27-18-8-6-13-29(16-20(18)30)39(35,36)23-10-4-5-12-26-23/h2-5,7,9-10,12,15,18-19H,6,8,11,13-14,16H2,1H3,(H,27,31)(H,28,32)/t18?,19-/m0/s1. The van der Waals surface area contributed by atoms with E-state index in [4.69, 9.17) is 0 Å². The summed E-state index contributed by atoms with van der Waals surface area (Å²) in [5.41, 5.74) is 0. The zero-order valence-electron chi connectivity index (χ0n) is 21.1. The number of aromatic nitrogens is 1. The van der Waals surface area contributed by atoms with Crippen molar-refractivity contribution in [1.82, 2.24) is 19.9 Å². The Morgan fingerprint density at radius 3 is 2.56 bits per heavy atom. The van der Waals surface area contributed by atoms with Gasteiger partial charge in [-0.05, 0) is 48.9 Å². The van der Waals surface area contributed by atoms with Gasteiger partial charge < -0.3 is 10.6 Å². The highest BCUT2D eigenvalue weighted by Gasteiger charge is 2.35. The van der Waals surface area contributed by atoms with E-state index in [0.717, 1.165) is 20.6 Å². The van der Waals surface area contributed by atoms with Crippen LogP contribution >= 0.6 is 11.3 Å². The van der Waals surface area contributed by atoms with E-state index in [0.29, 0.717) is 11.3 Å². The Labute approximate surface area is 230 Å². The lowest BCUT2D eigenvalue weighted by atomic mass is 10.1. The second-order valence-corrected chi connectivity index (χ2v) is 14.5. The van der Waals surface area contributed by atoms with Crippen molar-refractivity contribution < 1.29 is 31.2 Å². The number of pyridine rings is 1. The topological polar surface area (TPSA) is 160 Å². The second kappa shape index (κ2) is 11.9. The molecule has 1 aliphatic rings. The normalized spacial score (nSPS) is 17.9. The van der Waals surface area contributed by atoms with Crippen LogP contribution in [-0.2, 0) is 29.4 Å². The molecule has 0 spiro atoms. The number of hydrogen-bond donors (Lipinski definition) is 2. The van der Waals surface area contributed by atoms with Gasteiger partial charge in [-0.2, -0.15) is 4.31 Å². The number of carbonyl (C=O) groups is 3. The third-order valence-corrected chi connectivity index (χ3v) is 10.1. The van der Waals surface area contributed by atoms with Crippen molar-refractivity contribution in [2.24, 2.45) is 0 Å². The highest BCUT2D eigenvalue weighted by Crippen LogP contribution is 2.25. The number of hydrogen-bond acceptors (Lipinski definition) is 9. The number of amides is 2. The average Bonchev–Trinajstić information content (AvgIpc) is 3.25. The first-order valence-corrected chi connectivity index (χ1v) is 16.5. The average molecular weight is 593 g/mol. The van der Waals surface area contributed by atoms with Gasteiger partial charge in [0.2, 0.25) is 5.91 Å². The number of ketones is 1. The summed E-state index contributed by atoms with van der Waals surface area (Å²) in [6.07, 6.45) is 2.66. The lowest BCUT2D eigenvalue weighted by molar-refractivity contribution is -0.128. The Kier molecular flexibility index (Phi) is 8.79. The summed E-state index contributed by atoms with van der Waals surface area (Å²) in [4.78, 5) is 43.4. The molecular formula is C25H28N4O7S3. The van der Waals surface area contributed by atoms with Crippen LogP contribution in [-0.4, -0.2) is 80.9 Å². The Hall–Kier alpha value is -3.20. The molecule has 0 saturated carbocycles. The van der Waals surface area contributed by atoms with E-state index in [1.165, 1.54) is 29.7 Å². The van der Waals surface area contributed by atoms with Gasteiger partial charge in [0.25, 0.3) is 15.9 Å². The van der Waals surface area contributed by atoms with Crippen molar-refractivity contribution >= 4 is 58.9 Å². The monoisotopic (exact) mass is 592 g/mol. The van der Waals surface area contributed by atoms with E-state index >= 15 is 0 Å². The molecule has 2 amide bonds. The van der Waals surface area contributed by atoms with Crippen molar-refractivity contribution in [3.63, 3.8) is 0 Å². The van der Waals surface area contributed by atoms with Gasteiger partial charge in [0, 0.05) is 23.7 Å². The molecule has 1 fully saturated rings. The number of carbonyl (C=O) groups excluding carboxylic acids is 3. The molecule has 0 aliphatic carbocycles. The van der Waals surface area contributed by atoms with Crippen LogP contribution in [0.25, 0.3) is 10.1 Å². The number of fused-ring (bicyclic) bond motifs is 1. The number of Topliss-reactive ketones (excluding diaryl/α,β-unsaturated/α-hetero) is 1. The number of thiophene rings is 1. The van der Waals surface area contributed by atoms with Crippen LogP contribution in [0.15, 0.2) is 59.8 Å². The molecule has 14 heteroatoms. The third-order valence-electron chi connectivity index (χ3n) is 6.23. The molecule has 4 rings (SSSR count). The minimum absolute atomic E-state index is 0.0667. The Morgan fingerprint density at radius 1 is 1.13 bits per heavy atom. The maximum atomic E-state index is 13.2. The van der Waals surface area contributed by atoms with Crippen LogP contribution in [0, 0.1) is 0 Å². The maximum Gasteiger partial charge on any atom is 0.262 e. The van der Waals surface area contributed by atoms with Crippen molar-refractivity contribution in [3.05, 3.63) is 59.6 Å². The van der Waals surface area contributed by atoms with E-state index in [9.17, 15) is 31.2 Å². The molecule has 1 aliphatic heterocycles. The SMILES string of the molecule is CS(=O)(=O)CC[C@H](NC(=O)c1cc2ccccc2s1)C(=O)NC1CCCN(S(=O)(=O)c2ccccn2)CC1=O. The van der Waals surface area contributed by atoms with Gasteiger partial charge in [-0.25, -0.2) is 21.8 Å². The Morgan fingerprint density at radius 2 is 1.87 bits per heavy atom. The maximum absolute atomic E-state index is 13.2. The van der Waals surface area contributed by atoms with Crippen molar-refractivity contribution in [3.8, 4) is 0 Å². The summed E-state index contributed by atoms with van der Waals surface area (Å²) in [5.74, 6) is -2.12. The molecule has 2 aromatic heterocycles. The first-order valence-electron chi connectivity index (χ1n) is 12.2. The van der Waals surface area contributed by atoms with Gasteiger partial charge in [-0.3, -0.25) is 14.4 Å². The fraction of sp³-hybridized carbons (Fsp3) is 0.360. The third kappa shape index (κ3) is 7.26. The van der Waals surface area contributed by atoms with Crippen LogP contribution in [0.4, 0.5) is 0 Å². The highest BCUT2D eigenvalue weighted by molar-refractivity contribution is 7.90. The van der Waals surface area contributed by atoms with Crippen LogP contribution in [0.1, 0.15) is 28.9 Å². The molecule has 3 heterocycles. The van der Waals surface area contributed by atoms with Crippen molar-refractivity contribution in [2.45, 2.75) is 36.4 Å². The molecule has 1 unspecified atom stereocenters. The molecule has 208 valence electrons. The molecule has 0 bridgehead atoms. The minimum atomic E-state index is -4.00. The minimum Gasteiger partial charge on any atom is -0.344 e. The fourth-order valence-electron chi connectivity index (χ4n) is 4.18. The van der Waals surface area contributed by atoms with Crippen molar-refractivity contribution in [2.75, 3.05) is 25.1 Å².